The first-order chi connectivity index (χ1) is 10.3. The zero-order chi connectivity index (χ0) is 14.7. The molecule has 0 N–H and O–H groups in total. The highest BCUT2D eigenvalue weighted by molar-refractivity contribution is 5.99. The summed E-state index contributed by atoms with van der Waals surface area (Å²) in [4.78, 5) is 16.2. The first-order valence-electron chi connectivity index (χ1n) is 7.44. The SMILES string of the molecule is CCCn1ncnc1COc1cccc2c1CCCC2=O. The second kappa shape index (κ2) is 6.08. The van der Waals surface area contributed by atoms with Gasteiger partial charge in [-0.3, -0.25) is 4.79 Å². The number of hydrogen-bond acceptors (Lipinski definition) is 4. The Balaban J connectivity index is 1.78. The Morgan fingerprint density at radius 2 is 2.24 bits per heavy atom. The number of aryl methyl sites for hydroxylation is 1. The summed E-state index contributed by atoms with van der Waals surface area (Å²) in [6.45, 7) is 3.32. The smallest absolute Gasteiger partial charge is 0.164 e. The predicted molar refractivity (Wildman–Crippen MR) is 78.4 cm³/mol. The molecule has 3 rings (SSSR count). The molecule has 0 atom stereocenters. The van der Waals surface area contributed by atoms with Crippen LogP contribution in [0.2, 0.25) is 0 Å². The Bertz CT molecular complexity index is 649. The minimum absolute atomic E-state index is 0.218. The second-order valence-corrected chi connectivity index (χ2v) is 5.25. The molecule has 1 aliphatic carbocycles. The van der Waals surface area contributed by atoms with Crippen molar-refractivity contribution in [3.8, 4) is 5.75 Å². The van der Waals surface area contributed by atoms with Gasteiger partial charge in [-0.2, -0.15) is 5.10 Å². The summed E-state index contributed by atoms with van der Waals surface area (Å²) in [5.41, 5.74) is 1.85. The van der Waals surface area contributed by atoms with E-state index >= 15 is 0 Å². The molecule has 0 aliphatic heterocycles. The summed E-state index contributed by atoms with van der Waals surface area (Å²) in [6.07, 6.45) is 5.00. The molecule has 1 aromatic carbocycles. The van der Waals surface area contributed by atoms with Crippen LogP contribution in [0.15, 0.2) is 24.5 Å². The van der Waals surface area contributed by atoms with Gasteiger partial charge in [0.25, 0.3) is 0 Å². The number of fused-ring (bicyclic) bond motifs is 1. The molecule has 110 valence electrons. The molecule has 21 heavy (non-hydrogen) atoms. The fourth-order valence-electron chi connectivity index (χ4n) is 2.72. The van der Waals surface area contributed by atoms with Crippen LogP contribution in [0, 0.1) is 0 Å². The predicted octanol–water partition coefficient (Wildman–Crippen LogP) is 2.79. The Labute approximate surface area is 124 Å². The highest BCUT2D eigenvalue weighted by Gasteiger charge is 2.20. The highest BCUT2D eigenvalue weighted by atomic mass is 16.5. The van der Waals surface area contributed by atoms with Gasteiger partial charge in [0.1, 0.15) is 18.7 Å². The number of nitrogens with zero attached hydrogens (tertiary/aromatic N) is 3. The number of ether oxygens (including phenoxy) is 1. The van der Waals surface area contributed by atoms with E-state index in [1.807, 2.05) is 22.9 Å². The molecule has 5 heteroatoms. The van der Waals surface area contributed by atoms with Crippen molar-refractivity contribution in [3.63, 3.8) is 0 Å². The standard InChI is InChI=1S/C16H19N3O2/c1-2-9-19-16(17-11-18-19)10-21-15-8-4-5-12-13(15)6-3-7-14(12)20/h4-5,8,11H,2-3,6-7,9-10H2,1H3. The van der Waals surface area contributed by atoms with Gasteiger partial charge in [-0.05, 0) is 25.3 Å². The van der Waals surface area contributed by atoms with Gasteiger partial charge in [0, 0.05) is 24.1 Å². The lowest BCUT2D eigenvalue weighted by atomic mass is 9.90. The molecule has 0 saturated heterocycles. The number of carbonyl (C=O) groups excluding carboxylic acids is 1. The van der Waals surface area contributed by atoms with Crippen LogP contribution in [-0.4, -0.2) is 20.5 Å². The lowest BCUT2D eigenvalue weighted by Gasteiger charge is -2.18. The molecule has 0 spiro atoms. The fourth-order valence-corrected chi connectivity index (χ4v) is 2.72. The van der Waals surface area contributed by atoms with Crippen LogP contribution in [0.1, 0.15) is 47.9 Å². The number of benzene rings is 1. The third kappa shape index (κ3) is 2.82. The third-order valence-electron chi connectivity index (χ3n) is 3.75. The molecular formula is C16H19N3O2. The van der Waals surface area contributed by atoms with Gasteiger partial charge in [0.15, 0.2) is 11.6 Å². The van der Waals surface area contributed by atoms with Crippen molar-refractivity contribution >= 4 is 5.78 Å². The van der Waals surface area contributed by atoms with E-state index in [4.69, 9.17) is 4.74 Å². The number of Topliss-reactive ketones (excluding diaryl/α,β-unsaturated/α-hetero) is 1. The Hall–Kier alpha value is -2.17. The van der Waals surface area contributed by atoms with E-state index < -0.39 is 0 Å². The number of rotatable bonds is 5. The van der Waals surface area contributed by atoms with Crippen molar-refractivity contribution in [2.45, 2.75) is 45.8 Å². The van der Waals surface area contributed by atoms with Gasteiger partial charge in [-0.1, -0.05) is 19.1 Å². The molecule has 0 saturated carbocycles. The minimum Gasteiger partial charge on any atom is -0.485 e. The molecule has 1 aliphatic rings. The lowest BCUT2D eigenvalue weighted by Crippen LogP contribution is -2.13. The zero-order valence-corrected chi connectivity index (χ0v) is 12.2. The molecule has 0 radical (unpaired) electrons. The van der Waals surface area contributed by atoms with Gasteiger partial charge in [-0.15, -0.1) is 0 Å². The summed E-state index contributed by atoms with van der Waals surface area (Å²) >= 11 is 0. The summed E-state index contributed by atoms with van der Waals surface area (Å²) < 4.78 is 7.77. The van der Waals surface area contributed by atoms with Crippen LogP contribution >= 0.6 is 0 Å². The van der Waals surface area contributed by atoms with Gasteiger partial charge in [0.2, 0.25) is 0 Å². The quantitative estimate of drug-likeness (QED) is 0.847. The van der Waals surface area contributed by atoms with Crippen LogP contribution in [-0.2, 0) is 19.6 Å². The van der Waals surface area contributed by atoms with Gasteiger partial charge in [-0.25, -0.2) is 9.67 Å². The van der Waals surface area contributed by atoms with Gasteiger partial charge >= 0.3 is 0 Å². The zero-order valence-electron chi connectivity index (χ0n) is 12.2. The lowest BCUT2D eigenvalue weighted by molar-refractivity contribution is 0.0971. The largest absolute Gasteiger partial charge is 0.485 e. The van der Waals surface area contributed by atoms with Gasteiger partial charge in [0.05, 0.1) is 0 Å². The van der Waals surface area contributed by atoms with Gasteiger partial charge < -0.3 is 4.74 Å². The van der Waals surface area contributed by atoms with Crippen molar-refractivity contribution in [2.24, 2.45) is 0 Å². The van der Waals surface area contributed by atoms with E-state index in [1.54, 1.807) is 6.33 Å². The molecular weight excluding hydrogens is 266 g/mol. The van der Waals surface area contributed by atoms with E-state index in [-0.39, 0.29) is 5.78 Å². The maximum atomic E-state index is 11.9. The molecule has 5 nitrogen and oxygen atoms in total. The Morgan fingerprint density at radius 1 is 1.33 bits per heavy atom. The number of aromatic nitrogens is 3. The first-order valence-corrected chi connectivity index (χ1v) is 7.44. The molecule has 1 heterocycles. The molecule has 2 aromatic rings. The van der Waals surface area contributed by atoms with Crippen LogP contribution in [0.5, 0.6) is 5.75 Å². The fraction of sp³-hybridized carbons (Fsp3) is 0.438. The Morgan fingerprint density at radius 3 is 3.10 bits per heavy atom. The molecule has 0 fully saturated rings. The van der Waals surface area contributed by atoms with E-state index in [2.05, 4.69) is 17.0 Å². The topological polar surface area (TPSA) is 57.0 Å². The average Bonchev–Trinajstić information content (AvgIpc) is 2.93. The summed E-state index contributed by atoms with van der Waals surface area (Å²) in [6, 6.07) is 5.70. The minimum atomic E-state index is 0.218. The number of hydrogen-bond donors (Lipinski definition) is 0. The van der Waals surface area contributed by atoms with Crippen LogP contribution < -0.4 is 4.74 Å². The summed E-state index contributed by atoms with van der Waals surface area (Å²) in [5, 5.41) is 4.19. The van der Waals surface area contributed by atoms with Crippen molar-refractivity contribution in [1.82, 2.24) is 14.8 Å². The van der Waals surface area contributed by atoms with Crippen LogP contribution in [0.4, 0.5) is 0 Å². The maximum absolute atomic E-state index is 11.9. The normalized spacial score (nSPS) is 14.0. The second-order valence-electron chi connectivity index (χ2n) is 5.25. The van der Waals surface area contributed by atoms with Crippen LogP contribution in [0.25, 0.3) is 0 Å². The average molecular weight is 285 g/mol. The number of ketones is 1. The van der Waals surface area contributed by atoms with Crippen molar-refractivity contribution in [2.75, 3.05) is 0 Å². The molecule has 0 bridgehead atoms. The molecule has 0 unspecified atom stereocenters. The molecule has 1 aromatic heterocycles. The highest BCUT2D eigenvalue weighted by Crippen LogP contribution is 2.29. The van der Waals surface area contributed by atoms with E-state index in [1.165, 1.54) is 0 Å². The Kier molecular flexibility index (Phi) is 3.99. The monoisotopic (exact) mass is 285 g/mol. The van der Waals surface area contributed by atoms with Crippen molar-refractivity contribution in [3.05, 3.63) is 41.5 Å². The first kappa shape index (κ1) is 13.8. The molecule has 0 amide bonds. The van der Waals surface area contributed by atoms with Crippen molar-refractivity contribution in [1.29, 1.82) is 0 Å². The van der Waals surface area contributed by atoms with E-state index in [9.17, 15) is 4.79 Å². The number of carbonyl (C=O) groups is 1. The van der Waals surface area contributed by atoms with Crippen molar-refractivity contribution < 1.29 is 9.53 Å². The third-order valence-corrected chi connectivity index (χ3v) is 3.75. The van der Waals surface area contributed by atoms with E-state index in [0.29, 0.717) is 13.0 Å². The summed E-state index contributed by atoms with van der Waals surface area (Å²) in [5.74, 6) is 1.83. The summed E-state index contributed by atoms with van der Waals surface area (Å²) in [7, 11) is 0. The maximum Gasteiger partial charge on any atom is 0.164 e. The van der Waals surface area contributed by atoms with Crippen LogP contribution in [0.3, 0.4) is 0 Å². The van der Waals surface area contributed by atoms with E-state index in [0.717, 1.165) is 48.5 Å².